The molecular formula is C14H16N2O4S. The molecule has 6 nitrogen and oxygen atoms in total. The number of nitrogens with zero attached hydrogens (tertiary/aromatic N) is 1. The summed E-state index contributed by atoms with van der Waals surface area (Å²) in [7, 11) is 0. The van der Waals surface area contributed by atoms with Crippen LogP contribution in [0.1, 0.15) is 52.5 Å². The Balaban J connectivity index is 2.23. The van der Waals surface area contributed by atoms with Crippen LogP contribution in [0.15, 0.2) is 22.1 Å². The van der Waals surface area contributed by atoms with E-state index in [2.05, 4.69) is 10.3 Å². The molecule has 21 heavy (non-hydrogen) atoms. The van der Waals surface area contributed by atoms with Gasteiger partial charge in [-0.15, -0.1) is 11.3 Å². The van der Waals surface area contributed by atoms with Crippen LogP contribution in [0, 0.1) is 0 Å². The average molecular weight is 308 g/mol. The van der Waals surface area contributed by atoms with Gasteiger partial charge < -0.3 is 14.8 Å². The number of aromatic carboxylic acids is 1. The van der Waals surface area contributed by atoms with Gasteiger partial charge in [0.05, 0.1) is 5.54 Å². The van der Waals surface area contributed by atoms with Gasteiger partial charge in [-0.3, -0.25) is 4.79 Å². The van der Waals surface area contributed by atoms with Gasteiger partial charge in [0.2, 0.25) is 0 Å². The molecule has 0 saturated carbocycles. The molecule has 0 spiro atoms. The Morgan fingerprint density at radius 1 is 1.48 bits per heavy atom. The van der Waals surface area contributed by atoms with Crippen LogP contribution in [0.4, 0.5) is 0 Å². The van der Waals surface area contributed by atoms with Gasteiger partial charge >= 0.3 is 5.97 Å². The van der Waals surface area contributed by atoms with Gasteiger partial charge in [-0.05, 0) is 13.8 Å². The molecule has 2 aromatic rings. The first-order valence-electron chi connectivity index (χ1n) is 6.43. The Morgan fingerprint density at radius 3 is 2.67 bits per heavy atom. The highest BCUT2D eigenvalue weighted by Gasteiger charge is 2.28. The highest BCUT2D eigenvalue weighted by Crippen LogP contribution is 2.23. The second kappa shape index (κ2) is 5.69. The average Bonchev–Trinajstić information content (AvgIpc) is 3.07. The molecule has 2 aromatic heterocycles. The van der Waals surface area contributed by atoms with Crippen molar-refractivity contribution >= 4 is 23.2 Å². The van der Waals surface area contributed by atoms with Gasteiger partial charge in [-0.25, -0.2) is 9.78 Å². The van der Waals surface area contributed by atoms with E-state index in [1.165, 1.54) is 17.4 Å². The van der Waals surface area contributed by atoms with Gasteiger partial charge in [0, 0.05) is 24.1 Å². The van der Waals surface area contributed by atoms with Gasteiger partial charge in [0.1, 0.15) is 16.3 Å². The van der Waals surface area contributed by atoms with Crippen molar-refractivity contribution in [2.24, 2.45) is 0 Å². The molecule has 0 fully saturated rings. The smallest absolute Gasteiger partial charge is 0.339 e. The van der Waals surface area contributed by atoms with E-state index in [0.717, 1.165) is 5.01 Å². The SMILES string of the molecule is CCc1oc(C(=O)NC(C)(C)c2nccs2)cc1C(=O)O. The van der Waals surface area contributed by atoms with Crippen LogP contribution < -0.4 is 5.32 Å². The molecule has 0 aliphatic heterocycles. The molecule has 0 bridgehead atoms. The first kappa shape index (κ1) is 15.2. The summed E-state index contributed by atoms with van der Waals surface area (Å²) in [4.78, 5) is 27.5. The summed E-state index contributed by atoms with van der Waals surface area (Å²) in [5.74, 6) is -1.28. The Morgan fingerprint density at radius 2 is 2.19 bits per heavy atom. The van der Waals surface area contributed by atoms with E-state index >= 15 is 0 Å². The maximum absolute atomic E-state index is 12.2. The molecular weight excluding hydrogens is 292 g/mol. The maximum Gasteiger partial charge on any atom is 0.339 e. The molecule has 1 amide bonds. The number of thiazole rings is 1. The molecule has 0 unspecified atom stereocenters. The lowest BCUT2D eigenvalue weighted by molar-refractivity contribution is 0.0694. The van der Waals surface area contributed by atoms with E-state index in [-0.39, 0.29) is 11.3 Å². The van der Waals surface area contributed by atoms with Crippen molar-refractivity contribution in [1.29, 1.82) is 0 Å². The summed E-state index contributed by atoms with van der Waals surface area (Å²) < 4.78 is 5.34. The zero-order valence-electron chi connectivity index (χ0n) is 12.0. The zero-order valence-corrected chi connectivity index (χ0v) is 12.8. The summed E-state index contributed by atoms with van der Waals surface area (Å²) in [6, 6.07) is 1.26. The number of carboxylic acids is 1. The molecule has 0 radical (unpaired) electrons. The molecule has 0 aliphatic rings. The van der Waals surface area contributed by atoms with Crippen molar-refractivity contribution in [2.45, 2.75) is 32.7 Å². The van der Waals surface area contributed by atoms with Gasteiger partial charge in [-0.1, -0.05) is 6.92 Å². The monoisotopic (exact) mass is 308 g/mol. The molecule has 0 atom stereocenters. The van der Waals surface area contributed by atoms with E-state index < -0.39 is 17.4 Å². The fourth-order valence-electron chi connectivity index (χ4n) is 1.92. The first-order chi connectivity index (χ1) is 9.85. The predicted octanol–water partition coefficient (Wildman–Crippen LogP) is 2.66. The molecule has 0 saturated heterocycles. The number of carboxylic acid groups (broad SMARTS) is 1. The third-order valence-corrected chi connectivity index (χ3v) is 4.07. The van der Waals surface area contributed by atoms with Crippen molar-refractivity contribution in [3.05, 3.63) is 39.7 Å². The molecule has 0 aromatic carbocycles. The minimum atomic E-state index is -1.10. The first-order valence-corrected chi connectivity index (χ1v) is 7.31. The standard InChI is InChI=1S/C14H16N2O4S/c1-4-9-8(12(18)19)7-10(20-9)11(17)16-14(2,3)13-15-5-6-21-13/h5-7H,4H2,1-3H3,(H,16,17)(H,18,19). The predicted molar refractivity (Wildman–Crippen MR) is 77.7 cm³/mol. The highest BCUT2D eigenvalue weighted by atomic mass is 32.1. The number of nitrogens with one attached hydrogen (secondary N) is 1. The normalized spacial score (nSPS) is 11.4. The highest BCUT2D eigenvalue weighted by molar-refractivity contribution is 7.09. The van der Waals surface area contributed by atoms with Crippen LogP contribution in [-0.4, -0.2) is 22.0 Å². The summed E-state index contributed by atoms with van der Waals surface area (Å²) in [5, 5.41) is 14.5. The molecule has 112 valence electrons. The Bertz CT molecular complexity index is 659. The largest absolute Gasteiger partial charge is 0.478 e. The van der Waals surface area contributed by atoms with Crippen LogP contribution in [0.5, 0.6) is 0 Å². The Hall–Kier alpha value is -2.15. The van der Waals surface area contributed by atoms with Gasteiger partial charge in [-0.2, -0.15) is 0 Å². The second-order valence-electron chi connectivity index (χ2n) is 5.02. The van der Waals surface area contributed by atoms with Crippen molar-refractivity contribution in [2.75, 3.05) is 0 Å². The van der Waals surface area contributed by atoms with Gasteiger partial charge in [0.15, 0.2) is 5.76 Å². The van der Waals surface area contributed by atoms with Crippen molar-refractivity contribution in [3.63, 3.8) is 0 Å². The summed E-state index contributed by atoms with van der Waals surface area (Å²) in [6.45, 7) is 5.42. The van der Waals surface area contributed by atoms with Crippen LogP contribution in [0.2, 0.25) is 0 Å². The number of furan rings is 1. The van der Waals surface area contributed by atoms with Crippen molar-refractivity contribution < 1.29 is 19.1 Å². The number of carbonyl (C=O) groups excluding carboxylic acids is 1. The fraction of sp³-hybridized carbons (Fsp3) is 0.357. The van der Waals surface area contributed by atoms with E-state index in [9.17, 15) is 9.59 Å². The maximum atomic E-state index is 12.2. The topological polar surface area (TPSA) is 92.4 Å². The van der Waals surface area contributed by atoms with E-state index in [1.54, 1.807) is 13.1 Å². The Labute approximate surface area is 125 Å². The van der Waals surface area contributed by atoms with Crippen LogP contribution in [0.3, 0.4) is 0 Å². The number of hydrogen-bond donors (Lipinski definition) is 2. The van der Waals surface area contributed by atoms with Crippen molar-refractivity contribution in [1.82, 2.24) is 10.3 Å². The molecule has 2 N–H and O–H groups in total. The minimum Gasteiger partial charge on any atom is -0.478 e. The van der Waals surface area contributed by atoms with E-state index in [4.69, 9.17) is 9.52 Å². The zero-order chi connectivity index (χ0) is 15.6. The van der Waals surface area contributed by atoms with Gasteiger partial charge in [0.25, 0.3) is 5.91 Å². The number of carbonyl (C=O) groups is 2. The minimum absolute atomic E-state index is 0.00567. The lowest BCUT2D eigenvalue weighted by atomic mass is 10.1. The lowest BCUT2D eigenvalue weighted by Gasteiger charge is -2.23. The van der Waals surface area contributed by atoms with Crippen molar-refractivity contribution in [3.8, 4) is 0 Å². The number of rotatable bonds is 5. The quantitative estimate of drug-likeness (QED) is 0.886. The van der Waals surface area contributed by atoms with Crippen LogP contribution in [-0.2, 0) is 12.0 Å². The Kier molecular flexibility index (Phi) is 4.13. The third kappa shape index (κ3) is 3.13. The number of amides is 1. The molecule has 2 heterocycles. The summed E-state index contributed by atoms with van der Waals surface area (Å²) >= 11 is 1.43. The van der Waals surface area contributed by atoms with E-state index in [0.29, 0.717) is 12.2 Å². The third-order valence-electron chi connectivity index (χ3n) is 2.98. The number of hydrogen-bond acceptors (Lipinski definition) is 5. The molecule has 7 heteroatoms. The number of aromatic nitrogens is 1. The second-order valence-corrected chi connectivity index (χ2v) is 5.92. The molecule has 2 rings (SSSR count). The van der Waals surface area contributed by atoms with Crippen LogP contribution >= 0.6 is 11.3 Å². The number of aryl methyl sites for hydroxylation is 1. The van der Waals surface area contributed by atoms with Crippen LogP contribution in [0.25, 0.3) is 0 Å². The fourth-order valence-corrected chi connectivity index (χ4v) is 2.63. The molecule has 0 aliphatic carbocycles. The summed E-state index contributed by atoms with van der Waals surface area (Å²) in [6.07, 6.45) is 2.07. The lowest BCUT2D eigenvalue weighted by Crippen LogP contribution is -2.40. The van der Waals surface area contributed by atoms with E-state index in [1.807, 2.05) is 19.2 Å². The summed E-state index contributed by atoms with van der Waals surface area (Å²) in [5.41, 5.74) is -0.636.